The number of carbonyl (C=O) groups excluding carboxylic acids is 1. The summed E-state index contributed by atoms with van der Waals surface area (Å²) in [5.74, 6) is -0.365. The number of nitro groups is 1. The van der Waals surface area contributed by atoms with E-state index in [0.29, 0.717) is 24.9 Å². The second-order valence-electron chi connectivity index (χ2n) is 3.78. The first-order chi connectivity index (χ1) is 8.56. The molecule has 1 aromatic rings. The molecule has 1 aromatic carbocycles. The van der Waals surface area contributed by atoms with E-state index < -0.39 is 4.92 Å². The van der Waals surface area contributed by atoms with Gasteiger partial charge in [0.15, 0.2) is 0 Å². The molecule has 1 N–H and O–H groups in total. The van der Waals surface area contributed by atoms with Crippen LogP contribution in [0.25, 0.3) is 0 Å². The molecule has 1 amide bonds. The minimum Gasteiger partial charge on any atom is -0.352 e. The van der Waals surface area contributed by atoms with Crippen LogP contribution in [0.15, 0.2) is 18.2 Å². The molecule has 94 valence electrons. The fourth-order valence-corrected chi connectivity index (χ4v) is 1.42. The number of hydrogen-bond donors (Lipinski definition) is 1. The summed E-state index contributed by atoms with van der Waals surface area (Å²) in [5, 5.41) is 21.7. The van der Waals surface area contributed by atoms with Crippen LogP contribution in [0, 0.1) is 28.4 Å². The lowest BCUT2D eigenvalue weighted by molar-refractivity contribution is -0.385. The summed E-state index contributed by atoms with van der Waals surface area (Å²) in [7, 11) is 0. The molecule has 0 aliphatic heterocycles. The number of benzene rings is 1. The van der Waals surface area contributed by atoms with Crippen molar-refractivity contribution >= 4 is 11.6 Å². The number of hydrogen-bond acceptors (Lipinski definition) is 4. The van der Waals surface area contributed by atoms with Crippen LogP contribution >= 0.6 is 0 Å². The zero-order valence-corrected chi connectivity index (χ0v) is 9.97. The van der Waals surface area contributed by atoms with E-state index in [2.05, 4.69) is 5.32 Å². The number of rotatable bonds is 5. The Morgan fingerprint density at radius 2 is 2.28 bits per heavy atom. The Balaban J connectivity index is 2.72. The fourth-order valence-electron chi connectivity index (χ4n) is 1.42. The molecule has 0 aliphatic rings. The Morgan fingerprint density at radius 1 is 1.56 bits per heavy atom. The van der Waals surface area contributed by atoms with Gasteiger partial charge in [-0.2, -0.15) is 5.26 Å². The lowest BCUT2D eigenvalue weighted by Gasteiger charge is -2.04. The van der Waals surface area contributed by atoms with Crippen molar-refractivity contribution in [1.29, 1.82) is 5.26 Å². The van der Waals surface area contributed by atoms with Gasteiger partial charge in [0, 0.05) is 30.2 Å². The molecule has 0 aliphatic carbocycles. The zero-order chi connectivity index (χ0) is 13.5. The molecule has 0 heterocycles. The van der Waals surface area contributed by atoms with Gasteiger partial charge in [0.05, 0.1) is 11.0 Å². The van der Waals surface area contributed by atoms with Crippen LogP contribution in [0.5, 0.6) is 0 Å². The first kappa shape index (κ1) is 13.6. The van der Waals surface area contributed by atoms with E-state index in [1.54, 1.807) is 19.1 Å². The monoisotopic (exact) mass is 247 g/mol. The van der Waals surface area contributed by atoms with E-state index in [9.17, 15) is 14.9 Å². The molecule has 0 unspecified atom stereocenters. The van der Waals surface area contributed by atoms with Crippen molar-refractivity contribution in [2.45, 2.75) is 19.8 Å². The lowest BCUT2D eigenvalue weighted by Crippen LogP contribution is -2.24. The van der Waals surface area contributed by atoms with Crippen molar-refractivity contribution in [3.8, 4) is 6.07 Å². The maximum atomic E-state index is 11.7. The third-order valence-corrected chi connectivity index (χ3v) is 2.42. The number of nitriles is 1. The maximum Gasteiger partial charge on any atom is 0.273 e. The summed E-state index contributed by atoms with van der Waals surface area (Å²) in [4.78, 5) is 21.9. The number of carbonyl (C=O) groups is 1. The minimum atomic E-state index is -0.512. The molecular weight excluding hydrogens is 234 g/mol. The highest BCUT2D eigenvalue weighted by molar-refractivity contribution is 5.94. The summed E-state index contributed by atoms with van der Waals surface area (Å²) in [6.07, 6.45) is 0.935. The fraction of sp³-hybridized carbons (Fsp3) is 0.333. The summed E-state index contributed by atoms with van der Waals surface area (Å²) >= 11 is 0. The molecule has 0 bridgehead atoms. The van der Waals surface area contributed by atoms with E-state index in [1.807, 2.05) is 6.07 Å². The molecule has 0 spiro atoms. The van der Waals surface area contributed by atoms with Crippen molar-refractivity contribution in [2.75, 3.05) is 6.54 Å². The molecule has 6 heteroatoms. The SMILES string of the molecule is Cc1ccc(C(=O)NCCCC#N)cc1[N+](=O)[O-]. The summed E-state index contributed by atoms with van der Waals surface area (Å²) in [5.41, 5.74) is 0.699. The van der Waals surface area contributed by atoms with Crippen molar-refractivity contribution in [1.82, 2.24) is 5.32 Å². The summed E-state index contributed by atoms with van der Waals surface area (Å²) in [6.45, 7) is 2.00. The largest absolute Gasteiger partial charge is 0.352 e. The van der Waals surface area contributed by atoms with Crippen LogP contribution in [-0.2, 0) is 0 Å². The van der Waals surface area contributed by atoms with Gasteiger partial charge in [-0.05, 0) is 19.4 Å². The quantitative estimate of drug-likeness (QED) is 0.488. The van der Waals surface area contributed by atoms with Crippen LogP contribution in [0.3, 0.4) is 0 Å². The number of aryl methyl sites for hydroxylation is 1. The Hall–Kier alpha value is -2.42. The van der Waals surface area contributed by atoms with Gasteiger partial charge >= 0.3 is 0 Å². The average molecular weight is 247 g/mol. The van der Waals surface area contributed by atoms with Crippen LogP contribution in [0.1, 0.15) is 28.8 Å². The van der Waals surface area contributed by atoms with Crippen molar-refractivity contribution in [2.24, 2.45) is 0 Å². The van der Waals surface area contributed by atoms with E-state index in [1.165, 1.54) is 6.07 Å². The minimum absolute atomic E-state index is 0.0697. The molecule has 0 fully saturated rings. The molecule has 0 saturated heterocycles. The van der Waals surface area contributed by atoms with Crippen molar-refractivity contribution in [3.05, 3.63) is 39.4 Å². The second-order valence-corrected chi connectivity index (χ2v) is 3.78. The smallest absolute Gasteiger partial charge is 0.273 e. The lowest BCUT2D eigenvalue weighted by atomic mass is 10.1. The predicted octanol–water partition coefficient (Wildman–Crippen LogP) is 1.94. The predicted molar refractivity (Wildman–Crippen MR) is 65.0 cm³/mol. The third-order valence-electron chi connectivity index (χ3n) is 2.42. The third kappa shape index (κ3) is 3.56. The highest BCUT2D eigenvalue weighted by Crippen LogP contribution is 2.19. The van der Waals surface area contributed by atoms with Crippen LogP contribution in [0.2, 0.25) is 0 Å². The normalized spacial score (nSPS) is 9.56. The number of nitro benzene ring substituents is 1. The van der Waals surface area contributed by atoms with Gasteiger partial charge in [-0.25, -0.2) is 0 Å². The van der Waals surface area contributed by atoms with E-state index in [-0.39, 0.29) is 17.2 Å². The van der Waals surface area contributed by atoms with Crippen LogP contribution < -0.4 is 5.32 Å². The number of nitrogens with zero attached hydrogens (tertiary/aromatic N) is 2. The molecule has 1 rings (SSSR count). The maximum absolute atomic E-state index is 11.7. The van der Waals surface area contributed by atoms with Gasteiger partial charge in [0.25, 0.3) is 11.6 Å². The summed E-state index contributed by atoms with van der Waals surface area (Å²) in [6, 6.07) is 6.32. The molecule has 0 atom stereocenters. The van der Waals surface area contributed by atoms with Gasteiger partial charge in [-0.15, -0.1) is 0 Å². The van der Waals surface area contributed by atoms with Crippen molar-refractivity contribution < 1.29 is 9.72 Å². The standard InChI is InChI=1S/C12H13N3O3/c1-9-4-5-10(8-11(9)15(17)18)12(16)14-7-3-2-6-13/h4-5,8H,2-3,7H2,1H3,(H,14,16). The Labute approximate surface area is 104 Å². The average Bonchev–Trinajstić information content (AvgIpc) is 2.34. The Morgan fingerprint density at radius 3 is 2.89 bits per heavy atom. The first-order valence-electron chi connectivity index (χ1n) is 5.46. The number of unbranched alkanes of at least 4 members (excludes halogenated alkanes) is 1. The van der Waals surface area contributed by atoms with Gasteiger partial charge in [-0.1, -0.05) is 6.07 Å². The molecular formula is C12H13N3O3. The van der Waals surface area contributed by atoms with E-state index >= 15 is 0 Å². The molecule has 0 saturated carbocycles. The van der Waals surface area contributed by atoms with Gasteiger partial charge < -0.3 is 5.32 Å². The summed E-state index contributed by atoms with van der Waals surface area (Å²) < 4.78 is 0. The second kappa shape index (κ2) is 6.35. The van der Waals surface area contributed by atoms with Crippen LogP contribution in [-0.4, -0.2) is 17.4 Å². The Bertz CT molecular complexity index is 506. The van der Waals surface area contributed by atoms with Gasteiger partial charge in [0.2, 0.25) is 0 Å². The number of nitrogens with one attached hydrogen (secondary N) is 1. The van der Waals surface area contributed by atoms with Gasteiger partial charge in [-0.3, -0.25) is 14.9 Å². The first-order valence-corrected chi connectivity index (χ1v) is 5.46. The van der Waals surface area contributed by atoms with Gasteiger partial charge in [0.1, 0.15) is 0 Å². The van der Waals surface area contributed by atoms with Crippen LogP contribution in [0.4, 0.5) is 5.69 Å². The molecule has 0 aromatic heterocycles. The topological polar surface area (TPSA) is 96.0 Å². The molecule has 0 radical (unpaired) electrons. The van der Waals surface area contributed by atoms with E-state index in [0.717, 1.165) is 0 Å². The number of amides is 1. The Kier molecular flexibility index (Phi) is 4.81. The van der Waals surface area contributed by atoms with E-state index in [4.69, 9.17) is 5.26 Å². The highest BCUT2D eigenvalue weighted by atomic mass is 16.6. The highest BCUT2D eigenvalue weighted by Gasteiger charge is 2.14. The van der Waals surface area contributed by atoms with Crippen molar-refractivity contribution in [3.63, 3.8) is 0 Å². The molecule has 6 nitrogen and oxygen atoms in total. The zero-order valence-electron chi connectivity index (χ0n) is 9.97. The molecule has 18 heavy (non-hydrogen) atoms.